The third-order valence-electron chi connectivity index (χ3n) is 8.18. The smallest absolute Gasteiger partial charge is 0.407 e. The number of fused-ring (bicyclic) bond motifs is 3. The molecule has 3 aliphatic rings. The molecule has 2 fully saturated rings. The highest BCUT2D eigenvalue weighted by Crippen LogP contribution is 2.44. The normalized spacial score (nSPS) is 25.2. The largest absolute Gasteiger partial charge is 0.481 e. The van der Waals surface area contributed by atoms with Gasteiger partial charge in [-0.05, 0) is 54.4 Å². The molecule has 2 aromatic rings. The molecule has 0 spiro atoms. The number of alkyl carbamates (subject to hydrolysis) is 1. The molecular formula is C28H32N2O5. The van der Waals surface area contributed by atoms with Gasteiger partial charge in [0.05, 0.1) is 5.92 Å². The summed E-state index contributed by atoms with van der Waals surface area (Å²) in [4.78, 5) is 39.0. The van der Waals surface area contributed by atoms with Crippen LogP contribution in [-0.4, -0.2) is 53.7 Å². The standard InChI is InChI=1S/C28H32N2O5/c1-17-19(27(32)33)13-14-30(17)26(31)20-12-6-7-18(20)15-29-28(34)35-16-25-23-10-4-2-8-21(23)22-9-3-5-11-24(22)25/h2-5,8-11,17-20,25H,6-7,12-16H2,1H3,(H,29,34)(H,32,33). The van der Waals surface area contributed by atoms with E-state index < -0.39 is 18.0 Å². The van der Waals surface area contributed by atoms with Gasteiger partial charge in [0, 0.05) is 31.0 Å². The van der Waals surface area contributed by atoms with Crippen LogP contribution >= 0.6 is 0 Å². The average Bonchev–Trinajstić information content (AvgIpc) is 3.57. The van der Waals surface area contributed by atoms with E-state index in [0.29, 0.717) is 19.5 Å². The van der Waals surface area contributed by atoms with Crippen molar-refractivity contribution in [1.29, 1.82) is 0 Å². The number of amides is 2. The van der Waals surface area contributed by atoms with Gasteiger partial charge in [0.2, 0.25) is 5.91 Å². The van der Waals surface area contributed by atoms with Crippen molar-refractivity contribution in [3.05, 3.63) is 59.7 Å². The van der Waals surface area contributed by atoms with Crippen molar-refractivity contribution in [1.82, 2.24) is 10.2 Å². The third-order valence-corrected chi connectivity index (χ3v) is 8.18. The monoisotopic (exact) mass is 476 g/mol. The van der Waals surface area contributed by atoms with Gasteiger partial charge in [-0.15, -0.1) is 0 Å². The number of benzene rings is 2. The topological polar surface area (TPSA) is 95.9 Å². The van der Waals surface area contributed by atoms with E-state index in [0.717, 1.165) is 19.3 Å². The molecule has 1 heterocycles. The molecule has 4 atom stereocenters. The summed E-state index contributed by atoms with van der Waals surface area (Å²) in [5.41, 5.74) is 4.71. The number of carbonyl (C=O) groups excluding carboxylic acids is 2. The summed E-state index contributed by atoms with van der Waals surface area (Å²) < 4.78 is 5.64. The van der Waals surface area contributed by atoms with Crippen molar-refractivity contribution in [3.63, 3.8) is 0 Å². The predicted molar refractivity (Wildman–Crippen MR) is 131 cm³/mol. The molecule has 7 heteroatoms. The molecule has 2 aromatic carbocycles. The molecule has 2 amide bonds. The van der Waals surface area contributed by atoms with Gasteiger partial charge in [0.25, 0.3) is 0 Å². The molecular weight excluding hydrogens is 444 g/mol. The van der Waals surface area contributed by atoms with E-state index in [2.05, 4.69) is 29.6 Å². The molecule has 2 aliphatic carbocycles. The van der Waals surface area contributed by atoms with Crippen molar-refractivity contribution in [2.75, 3.05) is 19.7 Å². The molecule has 1 saturated carbocycles. The zero-order chi connectivity index (χ0) is 24.5. The van der Waals surface area contributed by atoms with Crippen LogP contribution in [0, 0.1) is 17.8 Å². The molecule has 0 bridgehead atoms. The van der Waals surface area contributed by atoms with Crippen molar-refractivity contribution < 1.29 is 24.2 Å². The Bertz CT molecular complexity index is 1090. The summed E-state index contributed by atoms with van der Waals surface area (Å²) >= 11 is 0. The van der Waals surface area contributed by atoms with Crippen LogP contribution < -0.4 is 5.32 Å². The Morgan fingerprint density at radius 3 is 2.26 bits per heavy atom. The molecule has 7 nitrogen and oxygen atoms in total. The second-order valence-electron chi connectivity index (χ2n) is 10.0. The van der Waals surface area contributed by atoms with Crippen LogP contribution in [0.3, 0.4) is 0 Å². The molecule has 1 aliphatic heterocycles. The molecule has 0 radical (unpaired) electrons. The quantitative estimate of drug-likeness (QED) is 0.649. The first-order valence-corrected chi connectivity index (χ1v) is 12.6. The number of hydrogen-bond donors (Lipinski definition) is 2. The van der Waals surface area contributed by atoms with E-state index >= 15 is 0 Å². The van der Waals surface area contributed by atoms with Crippen molar-refractivity contribution in [2.24, 2.45) is 17.8 Å². The average molecular weight is 477 g/mol. The van der Waals surface area contributed by atoms with Crippen LogP contribution in [0.2, 0.25) is 0 Å². The minimum Gasteiger partial charge on any atom is -0.481 e. The van der Waals surface area contributed by atoms with Crippen LogP contribution in [0.15, 0.2) is 48.5 Å². The van der Waals surface area contributed by atoms with Crippen molar-refractivity contribution in [3.8, 4) is 11.1 Å². The molecule has 2 N–H and O–H groups in total. The lowest BCUT2D eigenvalue weighted by Gasteiger charge is -2.29. The fourth-order valence-electron chi connectivity index (χ4n) is 6.26. The second kappa shape index (κ2) is 9.72. The Labute approximate surface area is 205 Å². The number of aliphatic carboxylic acids is 1. The molecule has 5 rings (SSSR count). The number of hydrogen-bond acceptors (Lipinski definition) is 4. The van der Waals surface area contributed by atoms with Gasteiger partial charge in [0.15, 0.2) is 0 Å². The van der Waals surface area contributed by atoms with Gasteiger partial charge in [-0.1, -0.05) is 55.0 Å². The maximum atomic E-state index is 13.2. The van der Waals surface area contributed by atoms with Gasteiger partial charge in [0.1, 0.15) is 6.61 Å². The summed E-state index contributed by atoms with van der Waals surface area (Å²) in [7, 11) is 0. The highest BCUT2D eigenvalue weighted by Gasteiger charge is 2.43. The lowest BCUT2D eigenvalue weighted by atomic mass is 9.94. The first-order valence-electron chi connectivity index (χ1n) is 12.6. The fourth-order valence-corrected chi connectivity index (χ4v) is 6.26. The van der Waals surface area contributed by atoms with Crippen LogP contribution in [-0.2, 0) is 14.3 Å². The van der Waals surface area contributed by atoms with Crippen LogP contribution in [0.1, 0.15) is 49.7 Å². The molecule has 0 aromatic heterocycles. The Kier molecular flexibility index (Phi) is 6.50. The number of rotatable bonds is 6. The number of carbonyl (C=O) groups is 3. The zero-order valence-corrected chi connectivity index (χ0v) is 20.0. The van der Waals surface area contributed by atoms with E-state index in [1.807, 2.05) is 31.2 Å². The maximum Gasteiger partial charge on any atom is 0.407 e. The van der Waals surface area contributed by atoms with Gasteiger partial charge < -0.3 is 20.1 Å². The fraction of sp³-hybridized carbons (Fsp3) is 0.464. The van der Waals surface area contributed by atoms with E-state index in [4.69, 9.17) is 4.74 Å². The molecule has 35 heavy (non-hydrogen) atoms. The predicted octanol–water partition coefficient (Wildman–Crippen LogP) is 4.26. The van der Waals surface area contributed by atoms with E-state index in [1.54, 1.807) is 4.90 Å². The van der Waals surface area contributed by atoms with Gasteiger partial charge in [-0.3, -0.25) is 9.59 Å². The van der Waals surface area contributed by atoms with E-state index in [1.165, 1.54) is 22.3 Å². The maximum absolute atomic E-state index is 13.2. The van der Waals surface area contributed by atoms with Gasteiger partial charge in [-0.25, -0.2) is 4.79 Å². The van der Waals surface area contributed by atoms with E-state index in [-0.39, 0.29) is 36.3 Å². The number of likely N-dealkylation sites (tertiary alicyclic amines) is 1. The first-order chi connectivity index (χ1) is 17.0. The van der Waals surface area contributed by atoms with Crippen LogP contribution in [0.5, 0.6) is 0 Å². The minimum atomic E-state index is -0.840. The van der Waals surface area contributed by atoms with Crippen LogP contribution in [0.4, 0.5) is 4.79 Å². The number of carboxylic acids is 1. The number of nitrogens with zero attached hydrogens (tertiary/aromatic N) is 1. The highest BCUT2D eigenvalue weighted by molar-refractivity contribution is 5.82. The molecule has 1 saturated heterocycles. The lowest BCUT2D eigenvalue weighted by Crippen LogP contribution is -2.43. The highest BCUT2D eigenvalue weighted by atomic mass is 16.5. The summed E-state index contributed by atoms with van der Waals surface area (Å²) in [6, 6.07) is 16.1. The van der Waals surface area contributed by atoms with Crippen LogP contribution in [0.25, 0.3) is 11.1 Å². The Balaban J connectivity index is 1.16. The first kappa shape index (κ1) is 23.4. The van der Waals surface area contributed by atoms with Crippen molar-refractivity contribution in [2.45, 2.75) is 44.6 Å². The summed E-state index contributed by atoms with van der Waals surface area (Å²) in [6.07, 6.45) is 2.60. The summed E-state index contributed by atoms with van der Waals surface area (Å²) in [5.74, 6) is -1.45. The molecule has 4 unspecified atom stereocenters. The van der Waals surface area contributed by atoms with Crippen molar-refractivity contribution >= 4 is 18.0 Å². The molecule has 184 valence electrons. The SMILES string of the molecule is CC1C(C(=O)O)CCN1C(=O)C1CCCC1CNC(=O)OCC1c2ccccc2-c2ccccc21. The number of ether oxygens (including phenoxy) is 1. The van der Waals surface area contributed by atoms with Gasteiger partial charge in [-0.2, -0.15) is 0 Å². The lowest BCUT2D eigenvalue weighted by molar-refractivity contribution is -0.143. The zero-order valence-electron chi connectivity index (χ0n) is 20.0. The van der Waals surface area contributed by atoms with Gasteiger partial charge >= 0.3 is 12.1 Å². The third kappa shape index (κ3) is 4.40. The Morgan fingerprint density at radius 2 is 1.63 bits per heavy atom. The minimum absolute atomic E-state index is 0.00721. The Morgan fingerprint density at radius 1 is 0.971 bits per heavy atom. The Hall–Kier alpha value is -3.35. The number of nitrogens with one attached hydrogen (secondary N) is 1. The summed E-state index contributed by atoms with van der Waals surface area (Å²) in [5, 5.41) is 12.3. The summed E-state index contributed by atoms with van der Waals surface area (Å²) in [6.45, 7) is 2.95. The second-order valence-corrected chi connectivity index (χ2v) is 10.0. The number of carboxylic acid groups (broad SMARTS) is 1. The van der Waals surface area contributed by atoms with E-state index in [9.17, 15) is 19.5 Å².